The molecule has 0 fully saturated rings. The zero-order valence-corrected chi connectivity index (χ0v) is 31.9. The van der Waals surface area contributed by atoms with E-state index in [9.17, 15) is 14.4 Å². The van der Waals surface area contributed by atoms with Crippen LogP contribution in [0.2, 0.25) is 0 Å². The number of unbranched alkanes of at least 4 members (excludes halogenated alkanes) is 19. The standard InChI is InChI=1S/C41H78O6/c1-6-8-9-10-14-23-28-33-41(44)47-38(35-46-40(43)32-27-22-18-17-20-25-30-37(5)7-2)34-45-39(42)31-26-21-16-13-11-12-15-19-24-29-36(3)4/h36-38H,6-35H2,1-5H3/t37?,38-/m0/s1. The lowest BCUT2D eigenvalue weighted by molar-refractivity contribution is -0.167. The molecule has 0 N–H and O–H groups in total. The normalized spacial score (nSPS) is 12.6. The quantitative estimate of drug-likeness (QED) is 0.0380. The first-order chi connectivity index (χ1) is 22.8. The lowest BCUT2D eigenvalue weighted by atomic mass is 10.00. The van der Waals surface area contributed by atoms with Crippen molar-refractivity contribution >= 4 is 17.9 Å². The third kappa shape index (κ3) is 34.1. The Hall–Kier alpha value is -1.59. The first-order valence-corrected chi connectivity index (χ1v) is 20.3. The van der Waals surface area contributed by atoms with Crippen LogP contribution in [0.5, 0.6) is 0 Å². The van der Waals surface area contributed by atoms with E-state index >= 15 is 0 Å². The maximum absolute atomic E-state index is 12.5. The summed E-state index contributed by atoms with van der Waals surface area (Å²) in [6.45, 7) is 11.2. The van der Waals surface area contributed by atoms with Crippen LogP contribution in [-0.4, -0.2) is 37.2 Å². The highest BCUT2D eigenvalue weighted by Gasteiger charge is 2.19. The molecule has 6 nitrogen and oxygen atoms in total. The third-order valence-electron chi connectivity index (χ3n) is 9.33. The molecule has 47 heavy (non-hydrogen) atoms. The Bertz CT molecular complexity index is 721. The topological polar surface area (TPSA) is 78.9 Å². The van der Waals surface area contributed by atoms with E-state index in [1.165, 1.54) is 103 Å². The van der Waals surface area contributed by atoms with Gasteiger partial charge in [0, 0.05) is 19.3 Å². The average Bonchev–Trinajstić information content (AvgIpc) is 3.05. The minimum atomic E-state index is -0.758. The van der Waals surface area contributed by atoms with Gasteiger partial charge in [-0.1, -0.05) is 176 Å². The number of hydrogen-bond donors (Lipinski definition) is 0. The fraction of sp³-hybridized carbons (Fsp3) is 0.927. The van der Waals surface area contributed by atoms with Crippen LogP contribution in [0.15, 0.2) is 0 Å². The van der Waals surface area contributed by atoms with Crippen molar-refractivity contribution in [1.82, 2.24) is 0 Å². The summed E-state index contributed by atoms with van der Waals surface area (Å²) in [5, 5.41) is 0. The van der Waals surface area contributed by atoms with Gasteiger partial charge in [-0.2, -0.15) is 0 Å². The molecule has 0 saturated heterocycles. The average molecular weight is 667 g/mol. The van der Waals surface area contributed by atoms with Crippen molar-refractivity contribution in [2.45, 2.75) is 221 Å². The van der Waals surface area contributed by atoms with Crippen molar-refractivity contribution in [3.63, 3.8) is 0 Å². The molecule has 0 heterocycles. The molecule has 0 aromatic carbocycles. The molecular weight excluding hydrogens is 588 g/mol. The summed E-state index contributed by atoms with van der Waals surface area (Å²) < 4.78 is 16.6. The van der Waals surface area contributed by atoms with E-state index in [2.05, 4.69) is 34.6 Å². The van der Waals surface area contributed by atoms with Crippen LogP contribution in [0.3, 0.4) is 0 Å². The van der Waals surface area contributed by atoms with Crippen molar-refractivity contribution in [2.75, 3.05) is 13.2 Å². The molecule has 0 aliphatic carbocycles. The van der Waals surface area contributed by atoms with Gasteiger partial charge in [0.05, 0.1) is 0 Å². The smallest absolute Gasteiger partial charge is 0.306 e. The van der Waals surface area contributed by atoms with Gasteiger partial charge < -0.3 is 14.2 Å². The number of carbonyl (C=O) groups excluding carboxylic acids is 3. The Balaban J connectivity index is 4.31. The number of ether oxygens (including phenoxy) is 3. The molecule has 278 valence electrons. The predicted molar refractivity (Wildman–Crippen MR) is 196 cm³/mol. The van der Waals surface area contributed by atoms with Crippen LogP contribution in [0.1, 0.15) is 214 Å². The number of carbonyl (C=O) groups is 3. The van der Waals surface area contributed by atoms with Crippen LogP contribution < -0.4 is 0 Å². The van der Waals surface area contributed by atoms with Gasteiger partial charge in [-0.05, 0) is 31.1 Å². The van der Waals surface area contributed by atoms with Crippen LogP contribution in [0, 0.1) is 11.8 Å². The van der Waals surface area contributed by atoms with Crippen molar-refractivity contribution < 1.29 is 28.6 Å². The number of hydrogen-bond acceptors (Lipinski definition) is 6. The Labute approximate surface area is 291 Å². The molecule has 0 spiro atoms. The molecule has 0 rings (SSSR count). The molecule has 0 radical (unpaired) electrons. The molecule has 0 saturated carbocycles. The maximum Gasteiger partial charge on any atom is 0.306 e. The molecule has 0 aliphatic rings. The molecule has 2 atom stereocenters. The lowest BCUT2D eigenvalue weighted by Crippen LogP contribution is -2.30. The summed E-state index contributed by atoms with van der Waals surface area (Å²) in [6, 6.07) is 0. The van der Waals surface area contributed by atoms with E-state index in [4.69, 9.17) is 14.2 Å². The first kappa shape index (κ1) is 45.4. The molecule has 0 amide bonds. The highest BCUT2D eigenvalue weighted by atomic mass is 16.6. The second-order valence-corrected chi connectivity index (χ2v) is 14.6. The van der Waals surface area contributed by atoms with Crippen LogP contribution >= 0.6 is 0 Å². The molecule has 0 bridgehead atoms. The Morgan fingerprint density at radius 3 is 1.21 bits per heavy atom. The molecule has 0 aliphatic heterocycles. The van der Waals surface area contributed by atoms with Crippen molar-refractivity contribution in [3.05, 3.63) is 0 Å². The second kappa shape index (κ2) is 34.3. The fourth-order valence-corrected chi connectivity index (χ4v) is 5.84. The SMILES string of the molecule is CCCCCCCCCC(=O)O[C@@H](COC(=O)CCCCCCCCCCCC(C)C)COC(=O)CCCCCCCCC(C)CC. The van der Waals surface area contributed by atoms with Crippen molar-refractivity contribution in [3.8, 4) is 0 Å². The largest absolute Gasteiger partial charge is 0.462 e. The minimum Gasteiger partial charge on any atom is -0.462 e. The van der Waals surface area contributed by atoms with Crippen LogP contribution in [-0.2, 0) is 28.6 Å². The molecule has 1 unspecified atom stereocenters. The van der Waals surface area contributed by atoms with Crippen LogP contribution in [0.4, 0.5) is 0 Å². The number of esters is 3. The van der Waals surface area contributed by atoms with Gasteiger partial charge in [-0.15, -0.1) is 0 Å². The van der Waals surface area contributed by atoms with Gasteiger partial charge in [0.25, 0.3) is 0 Å². The summed E-state index contributed by atoms with van der Waals surface area (Å²) >= 11 is 0. The zero-order valence-electron chi connectivity index (χ0n) is 31.9. The highest BCUT2D eigenvalue weighted by molar-refractivity contribution is 5.71. The van der Waals surface area contributed by atoms with Gasteiger partial charge >= 0.3 is 17.9 Å². The van der Waals surface area contributed by atoms with E-state index in [1.54, 1.807) is 0 Å². The zero-order chi connectivity index (χ0) is 34.8. The lowest BCUT2D eigenvalue weighted by Gasteiger charge is -2.18. The van der Waals surface area contributed by atoms with Crippen molar-refractivity contribution in [2.24, 2.45) is 11.8 Å². The molecular formula is C41H78O6. The van der Waals surface area contributed by atoms with E-state index < -0.39 is 6.10 Å². The third-order valence-corrected chi connectivity index (χ3v) is 9.33. The van der Waals surface area contributed by atoms with Gasteiger partial charge in [-0.3, -0.25) is 14.4 Å². The fourth-order valence-electron chi connectivity index (χ4n) is 5.84. The first-order valence-electron chi connectivity index (χ1n) is 20.3. The summed E-state index contributed by atoms with van der Waals surface area (Å²) in [4.78, 5) is 37.4. The number of rotatable bonds is 35. The van der Waals surface area contributed by atoms with Crippen LogP contribution in [0.25, 0.3) is 0 Å². The summed E-state index contributed by atoms with van der Waals surface area (Å²) in [5.41, 5.74) is 0. The van der Waals surface area contributed by atoms with E-state index in [0.717, 1.165) is 69.6 Å². The minimum absolute atomic E-state index is 0.0671. The summed E-state index contributed by atoms with van der Waals surface area (Å²) in [6.07, 6.45) is 29.6. The van der Waals surface area contributed by atoms with Gasteiger partial charge in [-0.25, -0.2) is 0 Å². The monoisotopic (exact) mass is 667 g/mol. The van der Waals surface area contributed by atoms with Gasteiger partial charge in [0.1, 0.15) is 13.2 Å². The van der Waals surface area contributed by atoms with Gasteiger partial charge in [0.2, 0.25) is 0 Å². The Morgan fingerprint density at radius 2 is 0.809 bits per heavy atom. The van der Waals surface area contributed by atoms with E-state index in [-0.39, 0.29) is 31.1 Å². The van der Waals surface area contributed by atoms with E-state index in [0.29, 0.717) is 19.3 Å². The summed E-state index contributed by atoms with van der Waals surface area (Å²) in [5.74, 6) is 0.748. The Kier molecular flexibility index (Phi) is 33.1. The Morgan fingerprint density at radius 1 is 0.447 bits per heavy atom. The molecule has 0 aromatic rings. The molecule has 6 heteroatoms. The summed E-state index contributed by atoms with van der Waals surface area (Å²) in [7, 11) is 0. The van der Waals surface area contributed by atoms with Gasteiger partial charge in [0.15, 0.2) is 6.10 Å². The second-order valence-electron chi connectivity index (χ2n) is 14.6. The van der Waals surface area contributed by atoms with Crippen molar-refractivity contribution in [1.29, 1.82) is 0 Å². The maximum atomic E-state index is 12.5. The predicted octanol–water partition coefficient (Wildman–Crippen LogP) is 12.2. The molecule has 0 aromatic heterocycles. The highest BCUT2D eigenvalue weighted by Crippen LogP contribution is 2.16. The van der Waals surface area contributed by atoms with E-state index in [1.807, 2.05) is 0 Å².